The molecule has 3 rings (SSSR count). The maximum absolute atomic E-state index is 13.2. The average molecular weight is 416 g/mol. The molecule has 2 atom stereocenters. The second-order valence-electron chi connectivity index (χ2n) is 7.75. The van der Waals surface area contributed by atoms with E-state index in [1.807, 2.05) is 0 Å². The summed E-state index contributed by atoms with van der Waals surface area (Å²) in [6, 6.07) is 4.35. The second kappa shape index (κ2) is 8.09. The zero-order valence-corrected chi connectivity index (χ0v) is 17.6. The van der Waals surface area contributed by atoms with E-state index < -0.39 is 31.0 Å². The summed E-state index contributed by atoms with van der Waals surface area (Å²) in [5, 5.41) is 2.45. The summed E-state index contributed by atoms with van der Waals surface area (Å²) < 4.78 is 56.3. The minimum atomic E-state index is -3.76. The van der Waals surface area contributed by atoms with Crippen LogP contribution in [0.1, 0.15) is 44.1 Å². The molecule has 2 fully saturated rings. The molecule has 1 aromatic carbocycles. The Hall–Kier alpha value is -1.12. The number of nitrogens with one attached hydrogen (secondary N) is 1. The van der Waals surface area contributed by atoms with E-state index in [-0.39, 0.29) is 22.4 Å². The molecule has 0 radical (unpaired) electrons. The highest BCUT2D eigenvalue weighted by atomic mass is 32.2. The number of sulfone groups is 2. The minimum Gasteiger partial charge on any atom is -0.496 e. The summed E-state index contributed by atoms with van der Waals surface area (Å²) in [5.41, 5.74) is 0.715. The van der Waals surface area contributed by atoms with E-state index in [2.05, 4.69) is 5.32 Å². The van der Waals surface area contributed by atoms with Crippen LogP contribution >= 0.6 is 0 Å². The van der Waals surface area contributed by atoms with Crippen LogP contribution < -0.4 is 10.1 Å². The van der Waals surface area contributed by atoms with Gasteiger partial charge >= 0.3 is 0 Å². The Morgan fingerprint density at radius 1 is 1.07 bits per heavy atom. The minimum absolute atomic E-state index is 0.109. The van der Waals surface area contributed by atoms with Crippen LogP contribution in [0.15, 0.2) is 23.1 Å². The quantitative estimate of drug-likeness (QED) is 0.742. The van der Waals surface area contributed by atoms with Crippen molar-refractivity contribution in [3.05, 3.63) is 23.8 Å². The van der Waals surface area contributed by atoms with Gasteiger partial charge in [0.15, 0.2) is 19.7 Å². The molecule has 1 aliphatic heterocycles. The lowest BCUT2D eigenvalue weighted by Gasteiger charge is -2.25. The monoisotopic (exact) mass is 415 g/mol. The van der Waals surface area contributed by atoms with E-state index in [0.29, 0.717) is 11.3 Å². The topological polar surface area (TPSA) is 89.5 Å². The maximum Gasteiger partial charge on any atom is 0.183 e. The Kier molecular flexibility index (Phi) is 6.17. The molecule has 0 unspecified atom stereocenters. The summed E-state index contributed by atoms with van der Waals surface area (Å²) >= 11 is 0. The first-order valence-electron chi connectivity index (χ1n) is 9.58. The largest absolute Gasteiger partial charge is 0.496 e. The molecular formula is C19H29NO5S2. The third-order valence-corrected chi connectivity index (χ3v) is 9.85. The molecule has 0 aromatic heterocycles. The standard InChI is InChI=1S/C19H29NO5S2/c1-14-11-16(9-10-18(14)25-2)27(23,24)19-13-26(21,22)12-17(19)20-15-7-5-3-4-6-8-15/h9-11,15,17,19-20H,3-8,12-13H2,1-2H3/t17-,19-/m0/s1. The zero-order valence-electron chi connectivity index (χ0n) is 16.0. The first-order chi connectivity index (χ1) is 12.7. The summed E-state index contributed by atoms with van der Waals surface area (Å²) in [6.45, 7) is 1.78. The number of hydrogen-bond donors (Lipinski definition) is 1. The Bertz CT molecular complexity index is 871. The number of hydrogen-bond acceptors (Lipinski definition) is 6. The Balaban J connectivity index is 1.87. The van der Waals surface area contributed by atoms with Crippen molar-refractivity contribution in [3.63, 3.8) is 0 Å². The number of methoxy groups -OCH3 is 1. The van der Waals surface area contributed by atoms with Gasteiger partial charge in [0.25, 0.3) is 0 Å². The lowest BCUT2D eigenvalue weighted by molar-refractivity contribution is 0.408. The molecule has 1 aliphatic carbocycles. The fourth-order valence-electron chi connectivity index (χ4n) is 4.23. The van der Waals surface area contributed by atoms with Gasteiger partial charge in [0.05, 0.1) is 28.8 Å². The Morgan fingerprint density at radius 3 is 2.33 bits per heavy atom. The third kappa shape index (κ3) is 4.66. The lowest BCUT2D eigenvalue weighted by atomic mass is 10.1. The summed E-state index contributed by atoms with van der Waals surface area (Å²) in [5.74, 6) is 0.189. The van der Waals surface area contributed by atoms with Crippen molar-refractivity contribution in [2.75, 3.05) is 18.6 Å². The molecule has 0 spiro atoms. The zero-order chi connectivity index (χ0) is 19.7. The van der Waals surface area contributed by atoms with E-state index in [0.717, 1.165) is 25.7 Å². The van der Waals surface area contributed by atoms with Gasteiger partial charge in [-0.05, 0) is 43.5 Å². The molecule has 0 amide bonds. The van der Waals surface area contributed by atoms with E-state index in [1.165, 1.54) is 26.0 Å². The Labute approximate surface area is 162 Å². The van der Waals surface area contributed by atoms with Crippen LogP contribution in [-0.2, 0) is 19.7 Å². The summed E-state index contributed by atoms with van der Waals surface area (Å²) in [7, 11) is -5.61. The van der Waals surface area contributed by atoms with E-state index in [1.54, 1.807) is 19.1 Å². The van der Waals surface area contributed by atoms with Crippen LogP contribution in [-0.4, -0.2) is 52.8 Å². The molecule has 1 heterocycles. The molecule has 6 nitrogen and oxygen atoms in total. The van der Waals surface area contributed by atoms with Gasteiger partial charge in [0, 0.05) is 12.1 Å². The number of benzene rings is 1. The second-order valence-corrected chi connectivity index (χ2v) is 12.1. The first-order valence-corrected chi connectivity index (χ1v) is 12.9. The maximum atomic E-state index is 13.2. The number of aryl methyl sites for hydroxylation is 1. The van der Waals surface area contributed by atoms with Gasteiger partial charge in [-0.15, -0.1) is 0 Å². The molecule has 152 valence electrons. The number of ether oxygens (including phenoxy) is 1. The number of rotatable bonds is 5. The van der Waals surface area contributed by atoms with Crippen molar-refractivity contribution in [1.29, 1.82) is 0 Å². The van der Waals surface area contributed by atoms with Crippen molar-refractivity contribution in [2.45, 2.75) is 67.7 Å². The molecule has 1 aromatic rings. The average Bonchev–Trinajstić information content (AvgIpc) is 2.76. The van der Waals surface area contributed by atoms with Crippen LogP contribution in [0.4, 0.5) is 0 Å². The summed E-state index contributed by atoms with van der Waals surface area (Å²) in [4.78, 5) is 0.163. The molecule has 1 saturated carbocycles. The highest BCUT2D eigenvalue weighted by Crippen LogP contribution is 2.30. The molecule has 1 saturated heterocycles. The molecule has 8 heteroatoms. The first kappa shape index (κ1) is 20.6. The van der Waals surface area contributed by atoms with Gasteiger partial charge in [0.1, 0.15) is 5.75 Å². The third-order valence-electron chi connectivity index (χ3n) is 5.70. The molecule has 1 N–H and O–H groups in total. The van der Waals surface area contributed by atoms with Crippen molar-refractivity contribution in [1.82, 2.24) is 5.32 Å². The van der Waals surface area contributed by atoms with Crippen LogP contribution in [0, 0.1) is 6.92 Å². The predicted octanol–water partition coefficient (Wildman–Crippen LogP) is 2.26. The molecule has 27 heavy (non-hydrogen) atoms. The van der Waals surface area contributed by atoms with Gasteiger partial charge in [-0.3, -0.25) is 0 Å². The van der Waals surface area contributed by atoms with Crippen molar-refractivity contribution >= 4 is 19.7 Å². The van der Waals surface area contributed by atoms with Gasteiger partial charge in [-0.25, -0.2) is 16.8 Å². The normalized spacial score (nSPS) is 26.6. The van der Waals surface area contributed by atoms with Crippen molar-refractivity contribution in [2.24, 2.45) is 0 Å². The highest BCUT2D eigenvalue weighted by molar-refractivity contribution is 7.96. The van der Waals surface area contributed by atoms with E-state index in [4.69, 9.17) is 4.74 Å². The van der Waals surface area contributed by atoms with Crippen LogP contribution in [0.3, 0.4) is 0 Å². The molecular weight excluding hydrogens is 386 g/mol. The van der Waals surface area contributed by atoms with Gasteiger partial charge in [-0.1, -0.05) is 25.7 Å². The van der Waals surface area contributed by atoms with Gasteiger partial charge < -0.3 is 10.1 Å². The molecule has 0 bridgehead atoms. The van der Waals surface area contributed by atoms with Gasteiger partial charge in [-0.2, -0.15) is 0 Å². The van der Waals surface area contributed by atoms with Crippen molar-refractivity contribution in [3.8, 4) is 5.75 Å². The fourth-order valence-corrected chi connectivity index (χ4v) is 8.99. The smallest absolute Gasteiger partial charge is 0.183 e. The highest BCUT2D eigenvalue weighted by Gasteiger charge is 2.46. The summed E-state index contributed by atoms with van der Waals surface area (Å²) in [6.07, 6.45) is 6.54. The Morgan fingerprint density at radius 2 is 1.74 bits per heavy atom. The van der Waals surface area contributed by atoms with E-state index in [9.17, 15) is 16.8 Å². The lowest BCUT2D eigenvalue weighted by Crippen LogP contribution is -2.47. The van der Waals surface area contributed by atoms with Crippen LogP contribution in [0.5, 0.6) is 5.75 Å². The fraction of sp³-hybridized carbons (Fsp3) is 0.684. The van der Waals surface area contributed by atoms with Crippen LogP contribution in [0.2, 0.25) is 0 Å². The van der Waals surface area contributed by atoms with Crippen molar-refractivity contribution < 1.29 is 21.6 Å². The molecule has 2 aliphatic rings. The predicted molar refractivity (Wildman–Crippen MR) is 106 cm³/mol. The SMILES string of the molecule is COc1ccc(S(=O)(=O)[C@H]2CS(=O)(=O)C[C@@H]2NC2CCCCCC2)cc1C. The van der Waals surface area contributed by atoms with Gasteiger partial charge in [0.2, 0.25) is 0 Å². The van der Waals surface area contributed by atoms with E-state index >= 15 is 0 Å². The van der Waals surface area contributed by atoms with Crippen LogP contribution in [0.25, 0.3) is 0 Å².